The van der Waals surface area contributed by atoms with Crippen LogP contribution in [0.5, 0.6) is 5.75 Å². The Labute approximate surface area is 213 Å². The van der Waals surface area contributed by atoms with Gasteiger partial charge in [-0.15, -0.1) is 0 Å². The summed E-state index contributed by atoms with van der Waals surface area (Å²) in [6.45, 7) is 6.19. The number of carbonyl (C=O) groups excluding carboxylic acids is 2. The summed E-state index contributed by atoms with van der Waals surface area (Å²) in [5.41, 5.74) is -0.493. The number of nitrogens with one attached hydrogen (secondary N) is 1. The molecule has 0 aromatic heterocycles. The average Bonchev–Trinajstić information content (AvgIpc) is 2.88. The molecule has 3 N–H and O–H groups in total. The monoisotopic (exact) mass is 504 g/mol. The van der Waals surface area contributed by atoms with Crippen LogP contribution < -0.4 is 10.1 Å². The van der Waals surface area contributed by atoms with Crippen LogP contribution >= 0.6 is 0 Å². The first-order valence-electron chi connectivity index (χ1n) is 13.0. The van der Waals surface area contributed by atoms with Crippen LogP contribution in [-0.2, 0) is 14.3 Å². The van der Waals surface area contributed by atoms with Crippen molar-refractivity contribution in [1.82, 2.24) is 4.90 Å². The summed E-state index contributed by atoms with van der Waals surface area (Å²) in [7, 11) is 1.56. The highest BCUT2D eigenvalue weighted by atomic mass is 16.6. The predicted octanol–water partition coefficient (Wildman–Crippen LogP) is 3.05. The molecule has 1 aliphatic heterocycles. The molecule has 2 saturated carbocycles. The van der Waals surface area contributed by atoms with Crippen LogP contribution in [-0.4, -0.2) is 79.3 Å². The van der Waals surface area contributed by atoms with Crippen molar-refractivity contribution in [3.05, 3.63) is 24.3 Å². The minimum Gasteiger partial charge on any atom is -0.497 e. The van der Waals surface area contributed by atoms with Gasteiger partial charge >= 0.3 is 6.09 Å². The highest BCUT2D eigenvalue weighted by molar-refractivity contribution is 5.85. The van der Waals surface area contributed by atoms with E-state index < -0.39 is 23.7 Å². The number of carbonyl (C=O) groups is 2. The minimum atomic E-state index is -0.695. The van der Waals surface area contributed by atoms with E-state index in [9.17, 15) is 19.8 Å². The molecule has 9 nitrogen and oxygen atoms in total. The van der Waals surface area contributed by atoms with E-state index in [0.717, 1.165) is 0 Å². The van der Waals surface area contributed by atoms with Crippen LogP contribution in [0.4, 0.5) is 10.5 Å². The van der Waals surface area contributed by atoms with E-state index in [1.807, 2.05) is 11.8 Å². The van der Waals surface area contributed by atoms with Gasteiger partial charge in [-0.05, 0) is 55.1 Å². The van der Waals surface area contributed by atoms with Crippen molar-refractivity contribution >= 4 is 17.7 Å². The molecule has 1 saturated heterocycles. The van der Waals surface area contributed by atoms with Crippen molar-refractivity contribution in [3.8, 4) is 5.75 Å². The maximum atomic E-state index is 13.1. The third-order valence-electron chi connectivity index (χ3n) is 9.00. The molecule has 3 aliphatic rings. The Kier molecular flexibility index (Phi) is 8.12. The molecule has 3 fully saturated rings. The second-order valence-corrected chi connectivity index (χ2v) is 11.0. The number of methoxy groups -OCH3 is 1. The van der Waals surface area contributed by atoms with Gasteiger partial charge in [0.1, 0.15) is 11.9 Å². The third kappa shape index (κ3) is 5.19. The second kappa shape index (κ2) is 10.9. The van der Waals surface area contributed by atoms with Crippen LogP contribution in [0.2, 0.25) is 0 Å². The van der Waals surface area contributed by atoms with Crippen LogP contribution in [0.1, 0.15) is 46.0 Å². The fraction of sp³-hybridized carbons (Fsp3) is 0.704. The molecule has 9 heteroatoms. The molecule has 36 heavy (non-hydrogen) atoms. The summed E-state index contributed by atoms with van der Waals surface area (Å²) in [4.78, 5) is 27.7. The molecule has 0 spiro atoms. The summed E-state index contributed by atoms with van der Waals surface area (Å²) < 4.78 is 16.5. The molecular weight excluding hydrogens is 464 g/mol. The van der Waals surface area contributed by atoms with E-state index in [0.29, 0.717) is 63.4 Å². The van der Waals surface area contributed by atoms with Crippen LogP contribution in [0, 0.1) is 22.7 Å². The average molecular weight is 505 g/mol. The van der Waals surface area contributed by atoms with Gasteiger partial charge in [0.2, 0.25) is 5.91 Å². The molecule has 1 aromatic rings. The van der Waals surface area contributed by atoms with Gasteiger partial charge in [-0.1, -0.05) is 19.9 Å². The van der Waals surface area contributed by atoms with Crippen molar-refractivity contribution in [1.29, 1.82) is 0 Å². The van der Waals surface area contributed by atoms with E-state index in [2.05, 4.69) is 12.2 Å². The fourth-order valence-corrected chi connectivity index (χ4v) is 6.89. The van der Waals surface area contributed by atoms with E-state index in [1.165, 1.54) is 0 Å². The maximum absolute atomic E-state index is 13.1. The Morgan fingerprint density at radius 1 is 1.19 bits per heavy atom. The summed E-state index contributed by atoms with van der Waals surface area (Å²) in [5, 5.41) is 24.4. The first-order chi connectivity index (χ1) is 17.2. The van der Waals surface area contributed by atoms with Crippen molar-refractivity contribution in [3.63, 3.8) is 0 Å². The van der Waals surface area contributed by atoms with Crippen molar-refractivity contribution in [2.75, 3.05) is 45.3 Å². The molecule has 2 amide bonds. The topological polar surface area (TPSA) is 118 Å². The molecule has 4 rings (SSSR count). The Bertz CT molecular complexity index is 936. The van der Waals surface area contributed by atoms with Crippen LogP contribution in [0.25, 0.3) is 0 Å². The summed E-state index contributed by atoms with van der Waals surface area (Å²) in [6.07, 6.45) is 1.13. The molecule has 1 heterocycles. The maximum Gasteiger partial charge on any atom is 0.411 e. The molecule has 1 aromatic carbocycles. The number of hydrogen-bond donors (Lipinski definition) is 3. The van der Waals surface area contributed by atoms with Gasteiger partial charge in [-0.25, -0.2) is 4.79 Å². The number of ether oxygens (including phenoxy) is 3. The largest absolute Gasteiger partial charge is 0.497 e. The zero-order chi connectivity index (χ0) is 25.9. The number of hydrogen-bond acceptors (Lipinski definition) is 7. The minimum absolute atomic E-state index is 0.00995. The number of amides is 2. The fourth-order valence-electron chi connectivity index (χ4n) is 6.89. The molecule has 0 bridgehead atoms. The second-order valence-electron chi connectivity index (χ2n) is 11.0. The lowest BCUT2D eigenvalue weighted by Gasteiger charge is -2.60. The molecule has 2 aliphatic carbocycles. The van der Waals surface area contributed by atoms with Gasteiger partial charge in [0.15, 0.2) is 0 Å². The summed E-state index contributed by atoms with van der Waals surface area (Å²) in [6, 6.07) is 7.04. The number of fused-ring (bicyclic) bond motifs is 1. The number of aliphatic hydroxyl groups is 2. The third-order valence-corrected chi connectivity index (χ3v) is 9.00. The predicted molar refractivity (Wildman–Crippen MR) is 134 cm³/mol. The van der Waals surface area contributed by atoms with Crippen molar-refractivity contribution in [2.45, 2.75) is 58.2 Å². The lowest BCUT2D eigenvalue weighted by atomic mass is 9.46. The van der Waals surface area contributed by atoms with E-state index in [4.69, 9.17) is 14.2 Å². The smallest absolute Gasteiger partial charge is 0.411 e. The lowest BCUT2D eigenvalue weighted by Crippen LogP contribution is -2.61. The number of aliphatic hydroxyl groups excluding tert-OH is 2. The Balaban J connectivity index is 1.48. The number of anilines is 1. The first kappa shape index (κ1) is 26.7. The van der Waals surface area contributed by atoms with Gasteiger partial charge < -0.3 is 29.3 Å². The molecule has 6 atom stereocenters. The van der Waals surface area contributed by atoms with Crippen LogP contribution in [0.3, 0.4) is 0 Å². The molecule has 0 radical (unpaired) electrons. The van der Waals surface area contributed by atoms with Gasteiger partial charge in [0.05, 0.1) is 33.0 Å². The number of benzene rings is 1. The Hall–Kier alpha value is -2.36. The summed E-state index contributed by atoms with van der Waals surface area (Å²) in [5.74, 6) is 0.444. The number of rotatable bonds is 6. The molecular formula is C27H40N2O7. The lowest BCUT2D eigenvalue weighted by molar-refractivity contribution is -0.187. The highest BCUT2D eigenvalue weighted by Gasteiger charge is 2.60. The highest BCUT2D eigenvalue weighted by Crippen LogP contribution is 2.61. The summed E-state index contributed by atoms with van der Waals surface area (Å²) >= 11 is 0. The number of nitrogens with zero attached hydrogens (tertiary/aromatic N) is 1. The van der Waals surface area contributed by atoms with Crippen molar-refractivity contribution < 1.29 is 34.0 Å². The standard InChI is InChI=1S/C27H40N2O7/c1-26-10-9-23(36-25(33)28-18-5-4-6-19(15-18)34-3)27(2,17-30)22(26)8-7-21(31)20(26)16-24(32)29-11-13-35-14-12-29/h4-6,15,20-23,30-31H,7-14,16-17H2,1-3H3,(H,28,33). The zero-order valence-electron chi connectivity index (χ0n) is 21.6. The molecule has 6 unspecified atom stereocenters. The SMILES string of the molecule is COc1cccc(NC(=O)OC2CCC3(C)C(CC(=O)N4CCOCC4)C(O)CCC3C2(C)CO)c1. The van der Waals surface area contributed by atoms with Gasteiger partial charge in [-0.3, -0.25) is 10.1 Å². The normalized spacial score (nSPS) is 34.4. The van der Waals surface area contributed by atoms with E-state index in [1.54, 1.807) is 31.4 Å². The Morgan fingerprint density at radius 2 is 1.94 bits per heavy atom. The van der Waals surface area contributed by atoms with Gasteiger partial charge in [0.25, 0.3) is 0 Å². The van der Waals surface area contributed by atoms with Gasteiger partial charge in [0, 0.05) is 36.7 Å². The zero-order valence-corrected chi connectivity index (χ0v) is 21.6. The molecule has 200 valence electrons. The van der Waals surface area contributed by atoms with Crippen LogP contribution in [0.15, 0.2) is 24.3 Å². The first-order valence-corrected chi connectivity index (χ1v) is 13.0. The quantitative estimate of drug-likeness (QED) is 0.545. The van der Waals surface area contributed by atoms with Gasteiger partial charge in [-0.2, -0.15) is 0 Å². The Morgan fingerprint density at radius 3 is 2.64 bits per heavy atom. The number of morpholine rings is 1. The van der Waals surface area contributed by atoms with E-state index in [-0.39, 0.29) is 36.2 Å². The van der Waals surface area contributed by atoms with E-state index >= 15 is 0 Å². The van der Waals surface area contributed by atoms with Crippen molar-refractivity contribution in [2.24, 2.45) is 22.7 Å².